The van der Waals surface area contributed by atoms with E-state index in [1.54, 1.807) is 6.07 Å². The van der Waals surface area contributed by atoms with Crippen LogP contribution in [0.1, 0.15) is 12.8 Å². The summed E-state index contributed by atoms with van der Waals surface area (Å²) in [6.07, 6.45) is 2.82. The highest BCUT2D eigenvalue weighted by molar-refractivity contribution is 6.31. The van der Waals surface area contributed by atoms with E-state index < -0.39 is 5.97 Å². The Bertz CT molecular complexity index is 654. The van der Waals surface area contributed by atoms with Crippen LogP contribution in [-0.2, 0) is 4.79 Å². The van der Waals surface area contributed by atoms with Crippen molar-refractivity contribution in [2.24, 2.45) is 5.92 Å². The topological polar surface area (TPSA) is 66.3 Å². The molecule has 104 valence electrons. The number of fused-ring (bicyclic) bond motifs is 1. The molecule has 1 aromatic heterocycles. The van der Waals surface area contributed by atoms with Gasteiger partial charge in [0.2, 0.25) is 0 Å². The van der Waals surface area contributed by atoms with Crippen molar-refractivity contribution in [3.63, 3.8) is 0 Å². The van der Waals surface area contributed by atoms with Crippen LogP contribution in [0.5, 0.6) is 0 Å². The lowest BCUT2D eigenvalue weighted by Gasteiger charge is -2.31. The van der Waals surface area contributed by atoms with Gasteiger partial charge in [-0.15, -0.1) is 0 Å². The number of aliphatic carboxylic acids is 1. The van der Waals surface area contributed by atoms with Crippen LogP contribution in [0, 0.1) is 5.92 Å². The number of halogens is 1. The molecule has 0 spiro atoms. The van der Waals surface area contributed by atoms with Crippen LogP contribution in [0.3, 0.4) is 0 Å². The van der Waals surface area contributed by atoms with Gasteiger partial charge in [-0.05, 0) is 31.0 Å². The lowest BCUT2D eigenvalue weighted by atomic mass is 9.97. The first-order chi connectivity index (χ1) is 9.65. The molecule has 2 aromatic rings. The van der Waals surface area contributed by atoms with Gasteiger partial charge in [0.1, 0.15) is 12.1 Å². The summed E-state index contributed by atoms with van der Waals surface area (Å²) >= 11 is 6.04. The molecule has 20 heavy (non-hydrogen) atoms. The molecule has 5 nitrogen and oxygen atoms in total. The van der Waals surface area contributed by atoms with Crippen LogP contribution in [0.4, 0.5) is 5.82 Å². The molecule has 6 heteroatoms. The maximum Gasteiger partial charge on any atom is 0.306 e. The first-order valence-corrected chi connectivity index (χ1v) is 6.91. The normalized spacial score (nSPS) is 16.6. The number of hydrogen-bond donors (Lipinski definition) is 1. The minimum absolute atomic E-state index is 0.247. The van der Waals surface area contributed by atoms with Crippen molar-refractivity contribution < 1.29 is 9.90 Å². The fraction of sp³-hybridized carbons (Fsp3) is 0.357. The molecule has 0 bridgehead atoms. The summed E-state index contributed by atoms with van der Waals surface area (Å²) < 4.78 is 0. The van der Waals surface area contributed by atoms with Crippen LogP contribution in [0.2, 0.25) is 5.02 Å². The summed E-state index contributed by atoms with van der Waals surface area (Å²) in [6, 6.07) is 5.53. The average molecular weight is 292 g/mol. The summed E-state index contributed by atoms with van der Waals surface area (Å²) in [5.41, 5.74) is 0.847. The second kappa shape index (κ2) is 5.25. The van der Waals surface area contributed by atoms with E-state index in [1.807, 2.05) is 12.1 Å². The van der Waals surface area contributed by atoms with Crippen LogP contribution >= 0.6 is 11.6 Å². The number of aromatic nitrogens is 2. The smallest absolute Gasteiger partial charge is 0.306 e. The zero-order valence-electron chi connectivity index (χ0n) is 10.8. The van der Waals surface area contributed by atoms with E-state index in [2.05, 4.69) is 14.9 Å². The van der Waals surface area contributed by atoms with E-state index in [9.17, 15) is 4.79 Å². The van der Waals surface area contributed by atoms with Crippen LogP contribution < -0.4 is 4.90 Å². The van der Waals surface area contributed by atoms with E-state index >= 15 is 0 Å². The number of carboxylic acids is 1. The second-order valence-electron chi connectivity index (χ2n) is 4.96. The SMILES string of the molecule is O=C(O)C1CCN(c2ncnc3ccc(Cl)cc23)CC1. The third kappa shape index (κ3) is 2.41. The van der Waals surface area contributed by atoms with E-state index in [4.69, 9.17) is 16.7 Å². The number of nitrogens with zero attached hydrogens (tertiary/aromatic N) is 3. The zero-order valence-corrected chi connectivity index (χ0v) is 11.5. The minimum atomic E-state index is -0.708. The van der Waals surface area contributed by atoms with Crippen molar-refractivity contribution in [1.29, 1.82) is 0 Å². The molecular formula is C14H14ClN3O2. The maximum absolute atomic E-state index is 11.0. The van der Waals surface area contributed by atoms with Crippen molar-refractivity contribution in [3.8, 4) is 0 Å². The van der Waals surface area contributed by atoms with Gasteiger partial charge < -0.3 is 10.0 Å². The van der Waals surface area contributed by atoms with Gasteiger partial charge in [-0.2, -0.15) is 0 Å². The highest BCUT2D eigenvalue weighted by Gasteiger charge is 2.25. The Labute approximate surface area is 121 Å². The molecule has 1 N–H and O–H groups in total. The Kier molecular flexibility index (Phi) is 3.44. The van der Waals surface area contributed by atoms with Crippen molar-refractivity contribution in [2.45, 2.75) is 12.8 Å². The molecule has 0 saturated carbocycles. The molecule has 2 heterocycles. The summed E-state index contributed by atoms with van der Waals surface area (Å²) in [5.74, 6) is -0.121. The average Bonchev–Trinajstić information content (AvgIpc) is 2.46. The molecule has 0 amide bonds. The molecule has 0 aliphatic carbocycles. The number of carbonyl (C=O) groups is 1. The Hall–Kier alpha value is -1.88. The Morgan fingerprint density at radius 1 is 1.30 bits per heavy atom. The zero-order chi connectivity index (χ0) is 14.1. The summed E-state index contributed by atoms with van der Waals surface area (Å²) in [7, 11) is 0. The van der Waals surface area contributed by atoms with Gasteiger partial charge in [-0.25, -0.2) is 9.97 Å². The van der Waals surface area contributed by atoms with Crippen LogP contribution in [0.25, 0.3) is 10.9 Å². The van der Waals surface area contributed by atoms with Gasteiger partial charge >= 0.3 is 5.97 Å². The van der Waals surface area contributed by atoms with E-state index in [0.717, 1.165) is 16.7 Å². The molecule has 1 aromatic carbocycles. The summed E-state index contributed by atoms with van der Waals surface area (Å²) in [5, 5.41) is 10.6. The van der Waals surface area contributed by atoms with Gasteiger partial charge in [0.25, 0.3) is 0 Å². The Balaban J connectivity index is 1.91. The highest BCUT2D eigenvalue weighted by Crippen LogP contribution is 2.29. The highest BCUT2D eigenvalue weighted by atomic mass is 35.5. The quantitative estimate of drug-likeness (QED) is 0.921. The van der Waals surface area contributed by atoms with Crippen LogP contribution in [-0.4, -0.2) is 34.1 Å². The van der Waals surface area contributed by atoms with Gasteiger partial charge in [0.05, 0.1) is 11.4 Å². The van der Waals surface area contributed by atoms with Gasteiger partial charge in [-0.1, -0.05) is 11.6 Å². The molecule has 1 aliphatic heterocycles. The van der Waals surface area contributed by atoms with Gasteiger partial charge in [-0.3, -0.25) is 4.79 Å². The first-order valence-electron chi connectivity index (χ1n) is 6.53. The number of carboxylic acid groups (broad SMARTS) is 1. The second-order valence-corrected chi connectivity index (χ2v) is 5.39. The first kappa shape index (κ1) is 13.1. The van der Waals surface area contributed by atoms with Gasteiger partial charge in [0, 0.05) is 23.5 Å². The number of rotatable bonds is 2. The molecule has 3 rings (SSSR count). The van der Waals surface area contributed by atoms with Crippen molar-refractivity contribution in [1.82, 2.24) is 9.97 Å². The van der Waals surface area contributed by atoms with E-state index in [-0.39, 0.29) is 5.92 Å². The number of piperidine rings is 1. The number of anilines is 1. The number of benzene rings is 1. The number of hydrogen-bond acceptors (Lipinski definition) is 4. The molecule has 1 fully saturated rings. The predicted molar refractivity (Wildman–Crippen MR) is 77.1 cm³/mol. The molecule has 0 atom stereocenters. The molecule has 0 radical (unpaired) electrons. The third-order valence-electron chi connectivity index (χ3n) is 3.72. The minimum Gasteiger partial charge on any atom is -0.481 e. The fourth-order valence-electron chi connectivity index (χ4n) is 2.61. The van der Waals surface area contributed by atoms with Crippen molar-refractivity contribution >= 4 is 34.3 Å². The summed E-state index contributed by atoms with van der Waals surface area (Å²) in [6.45, 7) is 1.38. The van der Waals surface area contributed by atoms with E-state index in [1.165, 1.54) is 6.33 Å². The molecule has 1 saturated heterocycles. The van der Waals surface area contributed by atoms with Crippen molar-refractivity contribution in [2.75, 3.05) is 18.0 Å². The fourth-order valence-corrected chi connectivity index (χ4v) is 2.78. The van der Waals surface area contributed by atoms with Crippen molar-refractivity contribution in [3.05, 3.63) is 29.5 Å². The van der Waals surface area contributed by atoms with Crippen LogP contribution in [0.15, 0.2) is 24.5 Å². The lowest BCUT2D eigenvalue weighted by molar-refractivity contribution is -0.142. The molecule has 1 aliphatic rings. The largest absolute Gasteiger partial charge is 0.481 e. The maximum atomic E-state index is 11.0. The third-order valence-corrected chi connectivity index (χ3v) is 3.96. The molecule has 0 unspecified atom stereocenters. The molecular weight excluding hydrogens is 278 g/mol. The summed E-state index contributed by atoms with van der Waals surface area (Å²) in [4.78, 5) is 21.7. The monoisotopic (exact) mass is 291 g/mol. The Morgan fingerprint density at radius 2 is 2.05 bits per heavy atom. The van der Waals surface area contributed by atoms with E-state index in [0.29, 0.717) is 31.0 Å². The lowest BCUT2D eigenvalue weighted by Crippen LogP contribution is -2.36. The Morgan fingerprint density at radius 3 is 2.75 bits per heavy atom. The van der Waals surface area contributed by atoms with Gasteiger partial charge in [0.15, 0.2) is 0 Å². The standard InChI is InChI=1S/C14H14ClN3O2/c15-10-1-2-12-11(7-10)13(17-8-16-12)18-5-3-9(4-6-18)14(19)20/h1-2,7-9H,3-6H2,(H,19,20). The predicted octanol–water partition coefficient (Wildman–Crippen LogP) is 2.58.